The average Bonchev–Trinajstić information content (AvgIpc) is 3.05. The second-order valence-electron chi connectivity index (χ2n) is 13.5. The summed E-state index contributed by atoms with van der Waals surface area (Å²) in [6, 6.07) is 23.8. The van der Waals surface area contributed by atoms with Gasteiger partial charge in [0, 0.05) is 43.2 Å². The van der Waals surface area contributed by atoms with Crippen LogP contribution < -0.4 is 20.3 Å². The maximum Gasteiger partial charge on any atom is 0.248 e. The molecule has 0 saturated heterocycles. The Bertz CT molecular complexity index is 1770. The highest BCUT2D eigenvalue weighted by molar-refractivity contribution is 7.89. The summed E-state index contributed by atoms with van der Waals surface area (Å²) in [5.41, 5.74) is 2.53. The van der Waals surface area contributed by atoms with Gasteiger partial charge in [-0.05, 0) is 88.2 Å². The first-order valence-corrected chi connectivity index (χ1v) is 18.5. The second-order valence-corrected chi connectivity index (χ2v) is 15.2. The minimum Gasteiger partial charge on any atom is -0.487 e. The minimum atomic E-state index is -3.57. The van der Waals surface area contributed by atoms with Crippen LogP contribution in [0, 0.1) is 0 Å². The third kappa shape index (κ3) is 12.7. The Morgan fingerprint density at radius 3 is 2.43 bits per heavy atom. The molecular formula is C38H52N4O6S. The molecule has 1 atom stereocenters. The van der Waals surface area contributed by atoms with Crippen molar-refractivity contribution in [3.8, 4) is 5.75 Å². The lowest BCUT2D eigenvalue weighted by atomic mass is 10.0. The van der Waals surface area contributed by atoms with Gasteiger partial charge in [0.2, 0.25) is 15.6 Å². The summed E-state index contributed by atoms with van der Waals surface area (Å²) in [6.07, 6.45) is 3.37. The van der Waals surface area contributed by atoms with Gasteiger partial charge in [0.25, 0.3) is 0 Å². The predicted molar refractivity (Wildman–Crippen MR) is 195 cm³/mol. The van der Waals surface area contributed by atoms with E-state index in [2.05, 4.69) is 19.9 Å². The van der Waals surface area contributed by atoms with E-state index in [1.165, 1.54) is 6.07 Å². The number of aliphatic hydroxyl groups excluding tert-OH is 1. The number of likely N-dealkylation sites (N-methyl/N-ethyl adjacent to an activating group) is 1. The van der Waals surface area contributed by atoms with E-state index in [9.17, 15) is 18.3 Å². The fraction of sp³-hybridized carbons (Fsp3) is 0.447. The van der Waals surface area contributed by atoms with E-state index >= 15 is 0 Å². The number of H-pyrrole nitrogens is 1. The number of aromatic nitrogens is 1. The number of unbranched alkanes of at least 4 members (excludes halogenated alkanes) is 3. The van der Waals surface area contributed by atoms with Crippen molar-refractivity contribution in [1.82, 2.24) is 19.9 Å². The van der Waals surface area contributed by atoms with E-state index in [0.717, 1.165) is 60.8 Å². The minimum absolute atomic E-state index is 0.220. The lowest BCUT2D eigenvalue weighted by Gasteiger charge is -2.21. The van der Waals surface area contributed by atoms with Gasteiger partial charge in [-0.3, -0.25) is 9.69 Å². The number of hydrogen-bond donors (Lipinski definition) is 4. The van der Waals surface area contributed by atoms with Crippen LogP contribution in [0.25, 0.3) is 10.9 Å². The quantitative estimate of drug-likeness (QED) is 0.0892. The largest absolute Gasteiger partial charge is 0.487 e. The molecule has 10 nitrogen and oxygen atoms in total. The molecule has 1 heterocycles. The normalized spacial score (nSPS) is 12.9. The number of sulfonamides is 1. The molecule has 3 aromatic carbocycles. The number of nitrogens with one attached hydrogen (secondary N) is 3. The summed E-state index contributed by atoms with van der Waals surface area (Å²) < 4.78 is 39.9. The highest BCUT2D eigenvalue weighted by Gasteiger charge is 2.22. The van der Waals surface area contributed by atoms with Gasteiger partial charge in [0.15, 0.2) is 0 Å². The van der Waals surface area contributed by atoms with Gasteiger partial charge in [0.05, 0.1) is 23.1 Å². The standard InChI is InChI=1S/C38H52N4O6S/c1-38(2,3)41-49(45,46)31-16-12-15-30(25-31)27-42(4)22-24-47-23-11-6-5-10-21-39-26-34(43)32-17-19-35(37-33(32)18-20-36(44)40-37)48-28-29-13-8-7-9-14-29/h7-9,12-20,25,34,39,41,43H,5-6,10-11,21-24,26-28H2,1-4H3,(H,40,44)/t34-/m1/s1. The number of rotatable bonds is 20. The number of aliphatic hydroxyl groups is 1. The molecule has 0 aliphatic carbocycles. The van der Waals surface area contributed by atoms with E-state index < -0.39 is 21.7 Å². The van der Waals surface area contributed by atoms with Crippen molar-refractivity contribution < 1.29 is 23.0 Å². The first-order valence-electron chi connectivity index (χ1n) is 17.0. The molecule has 0 unspecified atom stereocenters. The molecule has 0 bridgehead atoms. The molecule has 0 amide bonds. The van der Waals surface area contributed by atoms with Crippen molar-refractivity contribution in [3.05, 3.63) is 106 Å². The van der Waals surface area contributed by atoms with Crippen LogP contribution in [-0.2, 0) is 27.9 Å². The zero-order valence-corrected chi connectivity index (χ0v) is 30.0. The molecule has 0 spiro atoms. The number of nitrogens with zero attached hydrogens (tertiary/aromatic N) is 1. The first kappa shape index (κ1) is 38.2. The zero-order chi connectivity index (χ0) is 35.3. The Morgan fingerprint density at radius 1 is 0.898 bits per heavy atom. The molecular weight excluding hydrogens is 641 g/mol. The van der Waals surface area contributed by atoms with Gasteiger partial charge in [0.1, 0.15) is 12.4 Å². The van der Waals surface area contributed by atoms with Crippen molar-refractivity contribution >= 4 is 20.9 Å². The fourth-order valence-corrected chi connectivity index (χ4v) is 7.03. The third-order valence-corrected chi connectivity index (χ3v) is 9.69. The first-order chi connectivity index (χ1) is 23.4. The molecule has 11 heteroatoms. The number of ether oxygens (including phenoxy) is 2. The average molecular weight is 693 g/mol. The van der Waals surface area contributed by atoms with Crippen LogP contribution >= 0.6 is 0 Å². The van der Waals surface area contributed by atoms with Crippen LogP contribution in [-0.4, -0.2) is 68.8 Å². The molecule has 0 radical (unpaired) electrons. The van der Waals surface area contributed by atoms with Crippen molar-refractivity contribution in [1.29, 1.82) is 0 Å². The smallest absolute Gasteiger partial charge is 0.248 e. The second kappa shape index (κ2) is 18.4. The summed E-state index contributed by atoms with van der Waals surface area (Å²) in [7, 11) is -1.57. The molecule has 4 rings (SSSR count). The van der Waals surface area contributed by atoms with Crippen molar-refractivity contribution in [2.75, 3.05) is 39.9 Å². The van der Waals surface area contributed by atoms with Crippen LogP contribution in [0.4, 0.5) is 0 Å². The monoisotopic (exact) mass is 692 g/mol. The lowest BCUT2D eigenvalue weighted by Crippen LogP contribution is -2.40. The Balaban J connectivity index is 1.09. The Kier molecular flexibility index (Phi) is 14.4. The predicted octanol–water partition coefficient (Wildman–Crippen LogP) is 5.52. The van der Waals surface area contributed by atoms with Crippen molar-refractivity contribution in [3.63, 3.8) is 0 Å². The van der Waals surface area contributed by atoms with Crippen LogP contribution in [0.2, 0.25) is 0 Å². The van der Waals surface area contributed by atoms with E-state index in [-0.39, 0.29) is 10.5 Å². The molecule has 0 aliphatic heterocycles. The molecule has 266 valence electrons. The lowest BCUT2D eigenvalue weighted by molar-refractivity contribution is 0.106. The topological polar surface area (TPSA) is 133 Å². The SMILES string of the molecule is CN(CCOCCCCCCNC[C@@H](O)c1ccc(OCc2ccccc2)c2[nH]c(=O)ccc12)Cc1cccc(S(=O)(=O)NC(C)(C)C)c1. The zero-order valence-electron chi connectivity index (χ0n) is 29.2. The molecule has 4 aromatic rings. The number of pyridine rings is 1. The number of aromatic amines is 1. The van der Waals surface area contributed by atoms with E-state index in [0.29, 0.717) is 44.2 Å². The number of fused-ring (bicyclic) bond motifs is 1. The summed E-state index contributed by atoms with van der Waals surface area (Å²) in [5, 5.41) is 15.1. The van der Waals surface area contributed by atoms with Crippen LogP contribution in [0.15, 0.2) is 88.6 Å². The Morgan fingerprint density at radius 2 is 1.65 bits per heavy atom. The number of hydrogen-bond acceptors (Lipinski definition) is 8. The van der Waals surface area contributed by atoms with Crippen LogP contribution in [0.5, 0.6) is 5.75 Å². The highest BCUT2D eigenvalue weighted by Crippen LogP contribution is 2.30. The van der Waals surface area contributed by atoms with E-state index in [1.54, 1.807) is 30.3 Å². The summed E-state index contributed by atoms with van der Waals surface area (Å²) in [4.78, 5) is 17.4. The molecule has 1 aromatic heterocycles. The number of benzene rings is 3. The van der Waals surface area contributed by atoms with E-state index in [4.69, 9.17) is 9.47 Å². The van der Waals surface area contributed by atoms with Gasteiger partial charge in [-0.1, -0.05) is 61.4 Å². The van der Waals surface area contributed by atoms with Gasteiger partial charge in [-0.2, -0.15) is 0 Å². The molecule has 0 fully saturated rings. The maximum atomic E-state index is 12.7. The molecule has 0 saturated carbocycles. The summed E-state index contributed by atoms with van der Waals surface area (Å²) in [5.74, 6) is 0.571. The Labute approximate surface area is 290 Å². The summed E-state index contributed by atoms with van der Waals surface area (Å²) >= 11 is 0. The van der Waals surface area contributed by atoms with Crippen molar-refractivity contribution in [2.24, 2.45) is 0 Å². The summed E-state index contributed by atoms with van der Waals surface area (Å²) in [6.45, 7) is 9.76. The molecule has 49 heavy (non-hydrogen) atoms. The van der Waals surface area contributed by atoms with Gasteiger partial charge in [-0.15, -0.1) is 0 Å². The third-order valence-electron chi connectivity index (χ3n) is 7.94. The van der Waals surface area contributed by atoms with Gasteiger partial charge < -0.3 is 24.9 Å². The van der Waals surface area contributed by atoms with Gasteiger partial charge >= 0.3 is 0 Å². The molecule has 4 N–H and O–H groups in total. The fourth-order valence-electron chi connectivity index (χ4n) is 5.54. The highest BCUT2D eigenvalue weighted by atomic mass is 32.2. The van der Waals surface area contributed by atoms with Crippen molar-refractivity contribution in [2.45, 2.75) is 76.1 Å². The maximum absolute atomic E-state index is 12.7. The van der Waals surface area contributed by atoms with E-state index in [1.807, 2.05) is 70.3 Å². The Hall–Kier alpha value is -3.58. The molecule has 0 aliphatic rings. The van der Waals surface area contributed by atoms with Crippen LogP contribution in [0.3, 0.4) is 0 Å². The van der Waals surface area contributed by atoms with Crippen LogP contribution in [0.1, 0.15) is 69.2 Å². The van der Waals surface area contributed by atoms with Gasteiger partial charge in [-0.25, -0.2) is 13.1 Å².